The molecule has 12 nitrogen and oxygen atoms in total. The summed E-state index contributed by atoms with van der Waals surface area (Å²) in [5.41, 5.74) is 1.05. The first-order valence-electron chi connectivity index (χ1n) is 17.8. The van der Waals surface area contributed by atoms with E-state index >= 15 is 0 Å². The summed E-state index contributed by atoms with van der Waals surface area (Å²) in [6, 6.07) is 17.3. The number of hydrogen-bond acceptors (Lipinski definition) is 9. The molecule has 4 heterocycles. The van der Waals surface area contributed by atoms with Crippen molar-refractivity contribution in [1.82, 2.24) is 9.34 Å². The van der Waals surface area contributed by atoms with Crippen LogP contribution in [0.3, 0.4) is 0 Å². The summed E-state index contributed by atoms with van der Waals surface area (Å²) in [7, 11) is 0. The van der Waals surface area contributed by atoms with Gasteiger partial charge in [0.05, 0.1) is 0 Å². The van der Waals surface area contributed by atoms with Gasteiger partial charge in [-0.3, -0.25) is 0 Å². The van der Waals surface area contributed by atoms with E-state index in [1.165, 1.54) is 9.34 Å². The van der Waals surface area contributed by atoms with E-state index in [0.29, 0.717) is 27.4 Å². The van der Waals surface area contributed by atoms with E-state index in [-0.39, 0.29) is 37.0 Å². The first kappa shape index (κ1) is 38.9. The predicted molar refractivity (Wildman–Crippen MR) is 224 cm³/mol. The number of carbonyl (C=O) groups is 6. The van der Waals surface area contributed by atoms with Crippen LogP contribution in [0.5, 0.6) is 0 Å². The first-order chi connectivity index (χ1) is 25.8. The Balaban J connectivity index is 1.45. The predicted octanol–water partition coefficient (Wildman–Crippen LogP) is 7.86. The van der Waals surface area contributed by atoms with E-state index in [1.807, 2.05) is 41.5 Å². The molecule has 0 bridgehead atoms. The van der Waals surface area contributed by atoms with E-state index in [1.54, 1.807) is 72.8 Å². The van der Waals surface area contributed by atoms with Gasteiger partial charge in [0, 0.05) is 0 Å². The van der Waals surface area contributed by atoms with Gasteiger partial charge in [0.2, 0.25) is 0 Å². The van der Waals surface area contributed by atoms with Crippen LogP contribution in [0.2, 0.25) is 0 Å². The van der Waals surface area contributed by atoms with Crippen molar-refractivity contribution in [2.75, 3.05) is 0 Å². The van der Waals surface area contributed by atoms with Crippen LogP contribution in [-0.4, -0.2) is 63.1 Å². The molecule has 3 aromatic carbocycles. The molecule has 3 atom stereocenters. The fourth-order valence-electron chi connectivity index (χ4n) is 6.71. The van der Waals surface area contributed by atoms with Crippen LogP contribution in [0, 0.1) is 28.5 Å². The minimum absolute atomic E-state index is 0.0856. The topological polar surface area (TPSA) is 140 Å². The van der Waals surface area contributed by atoms with Crippen LogP contribution in [0.25, 0.3) is 0 Å². The molecule has 15 heteroatoms. The standard InChI is InChI=1S/C39H42I3N3O9/c1-22(2)19-31-37(49)52-41-29-17-11-8-14-26(29)35(47)44(41)33(21-24(5)6)39(51)54-42-30-18-12-9-15-27(30)36(48)45(42)32(20-23(3)4)38(50)53-40-28-16-10-7-13-25(28)34(46)43(31)40/h7-18,22-24,31-33H,19-21H2,1-6H3/t31-,32-,33-/m0/s1. The van der Waals surface area contributed by atoms with Crippen molar-refractivity contribution in [3.8, 4) is 0 Å². The number of rotatable bonds is 6. The molecule has 4 aliphatic heterocycles. The van der Waals surface area contributed by atoms with Gasteiger partial charge in [-0.05, 0) is 0 Å². The van der Waals surface area contributed by atoms with Gasteiger partial charge in [-0.1, -0.05) is 0 Å². The van der Waals surface area contributed by atoms with Gasteiger partial charge in [0.1, 0.15) is 0 Å². The van der Waals surface area contributed by atoms with Crippen LogP contribution in [-0.2, 0) is 23.6 Å². The van der Waals surface area contributed by atoms with Crippen molar-refractivity contribution >= 4 is 97.2 Å². The summed E-state index contributed by atoms with van der Waals surface area (Å²) >= 11 is -10.6. The molecule has 54 heavy (non-hydrogen) atoms. The molecule has 1 fully saturated rings. The number of benzene rings is 3. The Bertz CT molecular complexity index is 1810. The Labute approximate surface area is 338 Å². The van der Waals surface area contributed by atoms with Crippen molar-refractivity contribution in [1.29, 1.82) is 0 Å². The van der Waals surface area contributed by atoms with Crippen LogP contribution in [0.1, 0.15) is 91.9 Å². The molecule has 7 rings (SSSR count). The third kappa shape index (κ3) is 7.00. The van der Waals surface area contributed by atoms with Gasteiger partial charge in [0.15, 0.2) is 0 Å². The monoisotopic (exact) mass is 1080 g/mol. The quantitative estimate of drug-likeness (QED) is 0.178. The fourth-order valence-corrected chi connectivity index (χ4v) is 21.3. The molecular weight excluding hydrogens is 1040 g/mol. The number of hydrogen-bond donors (Lipinski definition) is 0. The van der Waals surface area contributed by atoms with Gasteiger partial charge in [-0.25, -0.2) is 0 Å². The molecule has 3 aromatic rings. The summed E-state index contributed by atoms with van der Waals surface area (Å²) in [4.78, 5) is 87.4. The van der Waals surface area contributed by atoms with Gasteiger partial charge < -0.3 is 0 Å². The van der Waals surface area contributed by atoms with Crippen molar-refractivity contribution in [3.63, 3.8) is 0 Å². The van der Waals surface area contributed by atoms with Crippen molar-refractivity contribution in [2.45, 2.75) is 78.9 Å². The van der Waals surface area contributed by atoms with Crippen molar-refractivity contribution in [2.24, 2.45) is 17.8 Å². The summed E-state index contributed by atoms with van der Waals surface area (Å²) < 4.78 is 25.5. The fraction of sp³-hybridized carbons (Fsp3) is 0.385. The SMILES string of the molecule is CC(C)C[C@H]1C(=O)OI2c3ccccc3C(=O)N2[C@@H](CC(C)C)C(=O)OI2c3ccccc3C(=O)N2[C@@H](CC(C)C)C(=O)OI2c3ccccc3C(=O)N12. The molecule has 1 saturated heterocycles. The average Bonchev–Trinajstić information content (AvgIpc) is 3.68. The molecule has 0 N–H and O–H groups in total. The van der Waals surface area contributed by atoms with E-state index in [9.17, 15) is 28.8 Å². The Morgan fingerprint density at radius 3 is 0.926 bits per heavy atom. The van der Waals surface area contributed by atoms with Gasteiger partial charge in [-0.15, -0.1) is 0 Å². The molecule has 0 aliphatic carbocycles. The summed E-state index contributed by atoms with van der Waals surface area (Å²) in [6.07, 6.45) is 0.602. The molecule has 0 aromatic heterocycles. The molecule has 0 saturated carbocycles. The molecule has 3 amide bonds. The normalized spacial score (nSPS) is 23.4. The second kappa shape index (κ2) is 15.7. The average molecular weight is 1080 g/mol. The second-order valence-electron chi connectivity index (χ2n) is 14.6. The van der Waals surface area contributed by atoms with Gasteiger partial charge in [-0.2, -0.15) is 0 Å². The number of fused-ring (bicyclic) bond motifs is 9. The van der Waals surface area contributed by atoms with Crippen LogP contribution in [0.15, 0.2) is 72.8 Å². The Morgan fingerprint density at radius 1 is 0.444 bits per heavy atom. The molecule has 288 valence electrons. The second-order valence-corrected chi connectivity index (χ2v) is 26.5. The number of amides is 3. The van der Waals surface area contributed by atoms with Crippen LogP contribution >= 0.6 is 61.5 Å². The molecular formula is C39H42I3N3O9. The summed E-state index contributed by atoms with van der Waals surface area (Å²) in [5, 5.41) is 0. The Hall–Kier alpha value is -3.33. The third-order valence-electron chi connectivity index (χ3n) is 9.08. The van der Waals surface area contributed by atoms with E-state index in [0.717, 1.165) is 0 Å². The number of halogens is 3. The van der Waals surface area contributed by atoms with E-state index < -0.39 is 115 Å². The molecule has 0 spiro atoms. The van der Waals surface area contributed by atoms with Gasteiger partial charge >= 0.3 is 341 Å². The number of carbonyl (C=O) groups excluding carboxylic acids is 6. The van der Waals surface area contributed by atoms with Crippen LogP contribution < -0.4 is 0 Å². The molecule has 4 aliphatic rings. The van der Waals surface area contributed by atoms with E-state index in [2.05, 4.69) is 0 Å². The first-order valence-corrected chi connectivity index (χ1v) is 26.6. The Morgan fingerprint density at radius 2 is 0.685 bits per heavy atom. The zero-order valence-corrected chi connectivity index (χ0v) is 37.1. The maximum absolute atomic E-state index is 14.7. The zero-order chi connectivity index (χ0) is 38.6. The maximum atomic E-state index is 14.7. The Kier molecular flexibility index (Phi) is 11.3. The zero-order valence-electron chi connectivity index (χ0n) is 30.7. The third-order valence-corrected chi connectivity index (χ3v) is 23.6. The summed E-state index contributed by atoms with van der Waals surface area (Å²) in [5.74, 6) is -3.71. The van der Waals surface area contributed by atoms with Crippen molar-refractivity contribution < 1.29 is 38.0 Å². The molecule has 0 radical (unpaired) electrons. The minimum atomic E-state index is -3.53. The van der Waals surface area contributed by atoms with Crippen molar-refractivity contribution in [3.05, 3.63) is 100 Å². The molecule has 0 unspecified atom stereocenters. The summed E-state index contributed by atoms with van der Waals surface area (Å²) in [6.45, 7) is 11.6. The van der Waals surface area contributed by atoms with Gasteiger partial charge in [0.25, 0.3) is 0 Å². The van der Waals surface area contributed by atoms with Crippen LogP contribution in [0.4, 0.5) is 0 Å². The number of nitrogens with zero attached hydrogens (tertiary/aromatic N) is 3. The van der Waals surface area contributed by atoms with E-state index in [4.69, 9.17) is 9.20 Å².